The Balaban J connectivity index is 1.98. The lowest BCUT2D eigenvalue weighted by Gasteiger charge is -2.22. The molecule has 0 bridgehead atoms. The molecule has 1 aromatic heterocycles. The third kappa shape index (κ3) is 4.36. The minimum atomic E-state index is 0.539. The maximum absolute atomic E-state index is 3.47. The fourth-order valence-corrected chi connectivity index (χ4v) is 3.10. The van der Waals surface area contributed by atoms with Crippen molar-refractivity contribution in [2.24, 2.45) is 0 Å². The molecular weight excluding hydrogens is 264 g/mol. The Labute approximate surface area is 126 Å². The molecule has 1 heterocycles. The molecule has 1 aromatic carbocycles. The molecule has 2 nitrogen and oxygen atoms in total. The van der Waals surface area contributed by atoms with Crippen LogP contribution in [0.25, 0.3) is 0 Å². The minimum absolute atomic E-state index is 0.539. The van der Waals surface area contributed by atoms with Crippen molar-refractivity contribution in [2.75, 3.05) is 11.4 Å². The lowest BCUT2D eigenvalue weighted by Crippen LogP contribution is -2.21. The van der Waals surface area contributed by atoms with Gasteiger partial charge in [-0.3, -0.25) is 0 Å². The highest BCUT2D eigenvalue weighted by Gasteiger charge is 2.07. The van der Waals surface area contributed by atoms with Crippen LogP contribution in [0.4, 0.5) is 5.69 Å². The summed E-state index contributed by atoms with van der Waals surface area (Å²) >= 11 is 1.91. The molecule has 0 unspecified atom stereocenters. The summed E-state index contributed by atoms with van der Waals surface area (Å²) in [4.78, 5) is 5.25. The van der Waals surface area contributed by atoms with Crippen LogP contribution in [0.15, 0.2) is 42.5 Å². The first-order valence-corrected chi connectivity index (χ1v) is 8.11. The molecule has 3 heteroatoms. The van der Waals surface area contributed by atoms with Crippen LogP contribution < -0.4 is 10.2 Å². The minimum Gasteiger partial charge on any atom is -0.367 e. The molecule has 0 amide bonds. The first-order chi connectivity index (χ1) is 9.69. The van der Waals surface area contributed by atoms with Crippen LogP contribution in [0.2, 0.25) is 0 Å². The summed E-state index contributed by atoms with van der Waals surface area (Å²) < 4.78 is 0. The highest BCUT2D eigenvalue weighted by molar-refractivity contribution is 7.12. The standard InChI is InChI=1S/C17H24N2S/c1-4-19(15-8-6-5-7-9-15)13-17-11-10-16(20-17)12-18-14(2)3/h5-11,14,18H,4,12-13H2,1-3H3. The summed E-state index contributed by atoms with van der Waals surface area (Å²) in [5.74, 6) is 0. The van der Waals surface area contributed by atoms with Gasteiger partial charge in [-0.05, 0) is 31.2 Å². The van der Waals surface area contributed by atoms with Gasteiger partial charge in [-0.2, -0.15) is 0 Å². The quantitative estimate of drug-likeness (QED) is 0.818. The van der Waals surface area contributed by atoms with Crippen molar-refractivity contribution in [3.63, 3.8) is 0 Å². The summed E-state index contributed by atoms with van der Waals surface area (Å²) in [7, 11) is 0. The molecular formula is C17H24N2S. The normalized spacial score (nSPS) is 11.0. The van der Waals surface area contributed by atoms with E-state index in [1.807, 2.05) is 11.3 Å². The Morgan fingerprint density at radius 3 is 2.40 bits per heavy atom. The van der Waals surface area contributed by atoms with Crippen molar-refractivity contribution < 1.29 is 0 Å². The fourth-order valence-electron chi connectivity index (χ4n) is 2.12. The zero-order valence-electron chi connectivity index (χ0n) is 12.6. The second kappa shape index (κ2) is 7.46. The molecule has 2 rings (SSSR count). The van der Waals surface area contributed by atoms with Gasteiger partial charge in [0.1, 0.15) is 0 Å². The fraction of sp³-hybridized carbons (Fsp3) is 0.412. The molecule has 20 heavy (non-hydrogen) atoms. The number of para-hydroxylation sites is 1. The van der Waals surface area contributed by atoms with Gasteiger partial charge >= 0.3 is 0 Å². The maximum Gasteiger partial charge on any atom is 0.0522 e. The zero-order chi connectivity index (χ0) is 14.4. The van der Waals surface area contributed by atoms with Gasteiger partial charge in [0.05, 0.1) is 6.54 Å². The van der Waals surface area contributed by atoms with Crippen molar-refractivity contribution in [2.45, 2.75) is 39.9 Å². The van der Waals surface area contributed by atoms with E-state index in [2.05, 4.69) is 73.5 Å². The van der Waals surface area contributed by atoms with E-state index in [0.29, 0.717) is 6.04 Å². The average Bonchev–Trinajstić information content (AvgIpc) is 2.91. The van der Waals surface area contributed by atoms with E-state index in [0.717, 1.165) is 19.6 Å². The lowest BCUT2D eigenvalue weighted by atomic mass is 10.3. The molecule has 0 atom stereocenters. The van der Waals surface area contributed by atoms with E-state index < -0.39 is 0 Å². The zero-order valence-corrected chi connectivity index (χ0v) is 13.4. The Bertz CT molecular complexity index is 505. The smallest absolute Gasteiger partial charge is 0.0522 e. The monoisotopic (exact) mass is 288 g/mol. The van der Waals surface area contributed by atoms with Gasteiger partial charge in [-0.15, -0.1) is 11.3 Å². The Kier molecular flexibility index (Phi) is 5.62. The number of nitrogens with zero attached hydrogens (tertiary/aromatic N) is 1. The van der Waals surface area contributed by atoms with Gasteiger partial charge in [0.15, 0.2) is 0 Å². The Morgan fingerprint density at radius 1 is 1.05 bits per heavy atom. The summed E-state index contributed by atoms with van der Waals surface area (Å²) in [6, 6.07) is 15.7. The number of hydrogen-bond acceptors (Lipinski definition) is 3. The first-order valence-electron chi connectivity index (χ1n) is 7.30. The van der Waals surface area contributed by atoms with E-state index in [9.17, 15) is 0 Å². The number of nitrogens with one attached hydrogen (secondary N) is 1. The molecule has 1 N–H and O–H groups in total. The molecule has 0 radical (unpaired) electrons. The number of benzene rings is 1. The van der Waals surface area contributed by atoms with E-state index in [1.54, 1.807) is 0 Å². The SMILES string of the molecule is CCN(Cc1ccc(CNC(C)C)s1)c1ccccc1. The van der Waals surface area contributed by atoms with Crippen LogP contribution in [0, 0.1) is 0 Å². The molecule has 108 valence electrons. The van der Waals surface area contributed by atoms with Crippen LogP contribution in [0.5, 0.6) is 0 Å². The largest absolute Gasteiger partial charge is 0.367 e. The van der Waals surface area contributed by atoms with E-state index >= 15 is 0 Å². The third-order valence-corrected chi connectivity index (χ3v) is 4.32. The summed E-state index contributed by atoms with van der Waals surface area (Å²) in [5.41, 5.74) is 1.30. The summed E-state index contributed by atoms with van der Waals surface area (Å²) in [6.45, 7) is 9.57. The lowest BCUT2D eigenvalue weighted by molar-refractivity contribution is 0.593. The van der Waals surface area contributed by atoms with Gasteiger partial charge in [0.25, 0.3) is 0 Å². The van der Waals surface area contributed by atoms with Gasteiger partial charge in [-0.1, -0.05) is 32.0 Å². The van der Waals surface area contributed by atoms with Crippen molar-refractivity contribution in [1.82, 2.24) is 5.32 Å². The van der Waals surface area contributed by atoms with Crippen molar-refractivity contribution >= 4 is 17.0 Å². The van der Waals surface area contributed by atoms with E-state index in [-0.39, 0.29) is 0 Å². The number of rotatable bonds is 7. The average molecular weight is 288 g/mol. The highest BCUT2D eigenvalue weighted by atomic mass is 32.1. The van der Waals surface area contributed by atoms with Crippen LogP contribution in [0.1, 0.15) is 30.5 Å². The molecule has 0 saturated heterocycles. The second-order valence-electron chi connectivity index (χ2n) is 5.25. The van der Waals surface area contributed by atoms with Crippen LogP contribution in [-0.2, 0) is 13.1 Å². The molecule has 0 aliphatic heterocycles. The molecule has 2 aromatic rings. The molecule has 0 aliphatic carbocycles. The first kappa shape index (κ1) is 15.1. The van der Waals surface area contributed by atoms with Gasteiger partial charge in [0, 0.05) is 34.6 Å². The summed E-state index contributed by atoms with van der Waals surface area (Å²) in [6.07, 6.45) is 0. The third-order valence-electron chi connectivity index (χ3n) is 3.25. The van der Waals surface area contributed by atoms with E-state index in [1.165, 1.54) is 15.4 Å². The van der Waals surface area contributed by atoms with Crippen molar-refractivity contribution in [3.05, 3.63) is 52.2 Å². The van der Waals surface area contributed by atoms with Gasteiger partial charge < -0.3 is 10.2 Å². The van der Waals surface area contributed by atoms with Crippen molar-refractivity contribution in [1.29, 1.82) is 0 Å². The molecule has 0 saturated carbocycles. The van der Waals surface area contributed by atoms with Gasteiger partial charge in [-0.25, -0.2) is 0 Å². The number of hydrogen-bond donors (Lipinski definition) is 1. The highest BCUT2D eigenvalue weighted by Crippen LogP contribution is 2.22. The van der Waals surface area contributed by atoms with Crippen LogP contribution in [-0.4, -0.2) is 12.6 Å². The van der Waals surface area contributed by atoms with Crippen molar-refractivity contribution in [3.8, 4) is 0 Å². The number of thiophene rings is 1. The Hall–Kier alpha value is -1.32. The van der Waals surface area contributed by atoms with Crippen LogP contribution >= 0.6 is 11.3 Å². The van der Waals surface area contributed by atoms with E-state index in [4.69, 9.17) is 0 Å². The molecule has 0 spiro atoms. The van der Waals surface area contributed by atoms with Crippen LogP contribution in [0.3, 0.4) is 0 Å². The Morgan fingerprint density at radius 2 is 1.75 bits per heavy atom. The predicted octanol–water partition coefficient (Wildman–Crippen LogP) is 4.27. The number of anilines is 1. The topological polar surface area (TPSA) is 15.3 Å². The summed E-state index contributed by atoms with van der Waals surface area (Å²) in [5, 5.41) is 3.47. The maximum atomic E-state index is 3.47. The predicted molar refractivity (Wildman–Crippen MR) is 89.5 cm³/mol. The second-order valence-corrected chi connectivity index (χ2v) is 6.51. The molecule has 0 aliphatic rings. The van der Waals surface area contributed by atoms with Gasteiger partial charge in [0.2, 0.25) is 0 Å². The molecule has 0 fully saturated rings.